The van der Waals surface area contributed by atoms with E-state index in [1.54, 1.807) is 29.8 Å². The summed E-state index contributed by atoms with van der Waals surface area (Å²) in [6.45, 7) is 3.45. The maximum absolute atomic E-state index is 13.5. The molecular formula is C31H32N8O4. The zero-order chi connectivity index (χ0) is 30.1. The van der Waals surface area contributed by atoms with Crippen LogP contribution in [0.15, 0.2) is 67.4 Å². The number of fused-ring (bicyclic) bond motifs is 1. The van der Waals surface area contributed by atoms with Crippen LogP contribution < -0.4 is 5.32 Å². The van der Waals surface area contributed by atoms with Crippen LogP contribution >= 0.6 is 0 Å². The quantitative estimate of drug-likeness (QED) is 0.222. The number of aliphatic hydroxyl groups is 1. The molecule has 0 radical (unpaired) electrons. The summed E-state index contributed by atoms with van der Waals surface area (Å²) < 4.78 is 4.66. The number of benzene rings is 2. The lowest BCUT2D eigenvalue weighted by Gasteiger charge is -2.34. The van der Waals surface area contributed by atoms with Crippen LogP contribution in [0.5, 0.6) is 0 Å². The Bertz CT molecular complexity index is 1760. The van der Waals surface area contributed by atoms with Crippen LogP contribution in [-0.4, -0.2) is 77.2 Å². The van der Waals surface area contributed by atoms with E-state index in [-0.39, 0.29) is 6.04 Å². The highest BCUT2D eigenvalue weighted by Crippen LogP contribution is 2.33. The standard InChI is InChI=1S/C31H32N8O4/c1-31(2,42)27(38-30(41)43-3)29(40)39-12-4-5-26(39)28-34-16-25(37-28)19-8-6-18(7-9-19)23-14-33-24(15-32-23)20-10-11-21-22(13-20)36-17-35-21/h6-11,13-17,26-27,42H,4-5,12H2,1-3H3,(H,34,37)(H,35,36)(H,38,41)/t26-,27+/m0/s1. The number of rotatable bonds is 7. The minimum Gasteiger partial charge on any atom is -0.453 e. The Morgan fingerprint density at radius 3 is 2.40 bits per heavy atom. The van der Waals surface area contributed by atoms with Crippen molar-refractivity contribution in [2.45, 2.75) is 44.4 Å². The third-order valence-electron chi connectivity index (χ3n) is 7.71. The van der Waals surface area contributed by atoms with Gasteiger partial charge in [0.05, 0.1) is 71.8 Å². The lowest BCUT2D eigenvalue weighted by atomic mass is 9.97. The molecule has 1 aliphatic heterocycles. The number of H-pyrrole nitrogens is 2. The van der Waals surface area contributed by atoms with Gasteiger partial charge >= 0.3 is 6.09 Å². The van der Waals surface area contributed by atoms with Crippen LogP contribution in [0.2, 0.25) is 0 Å². The third kappa shape index (κ3) is 5.69. The van der Waals surface area contributed by atoms with E-state index in [1.807, 2.05) is 42.5 Å². The summed E-state index contributed by atoms with van der Waals surface area (Å²) in [6.07, 6.45) is 7.64. The Morgan fingerprint density at radius 2 is 1.70 bits per heavy atom. The van der Waals surface area contributed by atoms with E-state index in [9.17, 15) is 14.7 Å². The Balaban J connectivity index is 1.16. The summed E-state index contributed by atoms with van der Waals surface area (Å²) in [5.74, 6) is 0.254. The molecule has 4 N–H and O–H groups in total. The summed E-state index contributed by atoms with van der Waals surface area (Å²) in [7, 11) is 1.21. The molecule has 0 unspecified atom stereocenters. The van der Waals surface area contributed by atoms with Gasteiger partial charge in [0, 0.05) is 17.7 Å². The lowest BCUT2D eigenvalue weighted by Crippen LogP contribution is -2.58. The molecule has 0 aliphatic carbocycles. The molecule has 5 aromatic rings. The predicted molar refractivity (Wildman–Crippen MR) is 159 cm³/mol. The van der Waals surface area contributed by atoms with Gasteiger partial charge in [0.1, 0.15) is 11.9 Å². The van der Waals surface area contributed by atoms with E-state index >= 15 is 0 Å². The number of nitrogens with zero attached hydrogens (tertiary/aromatic N) is 5. The molecular weight excluding hydrogens is 548 g/mol. The van der Waals surface area contributed by atoms with Crippen molar-refractivity contribution in [2.24, 2.45) is 0 Å². The first-order chi connectivity index (χ1) is 20.7. The summed E-state index contributed by atoms with van der Waals surface area (Å²) >= 11 is 0. The van der Waals surface area contributed by atoms with Gasteiger partial charge in [-0.05, 0) is 44.4 Å². The highest BCUT2D eigenvalue weighted by molar-refractivity contribution is 5.87. The summed E-state index contributed by atoms with van der Waals surface area (Å²) in [6, 6.07) is 12.4. The number of likely N-dealkylation sites (tertiary alicyclic amines) is 1. The molecule has 0 saturated carbocycles. The number of amides is 2. The Hall–Kier alpha value is -5.10. The molecule has 0 bridgehead atoms. The first kappa shape index (κ1) is 28.0. The smallest absolute Gasteiger partial charge is 0.407 e. The van der Waals surface area contributed by atoms with Gasteiger partial charge in [-0.1, -0.05) is 30.3 Å². The van der Waals surface area contributed by atoms with Crippen molar-refractivity contribution in [3.05, 3.63) is 73.2 Å². The molecule has 3 aromatic heterocycles. The zero-order valence-corrected chi connectivity index (χ0v) is 24.0. The van der Waals surface area contributed by atoms with Crippen molar-refractivity contribution >= 4 is 23.0 Å². The Kier molecular flexibility index (Phi) is 7.36. The molecule has 43 heavy (non-hydrogen) atoms. The molecule has 220 valence electrons. The number of aromatic nitrogens is 6. The fraction of sp³-hybridized carbons (Fsp3) is 0.290. The van der Waals surface area contributed by atoms with Gasteiger partial charge < -0.3 is 30.0 Å². The van der Waals surface area contributed by atoms with Gasteiger partial charge in [-0.15, -0.1) is 0 Å². The number of alkyl carbamates (subject to hydrolysis) is 1. The summed E-state index contributed by atoms with van der Waals surface area (Å²) in [5.41, 5.74) is 5.51. The van der Waals surface area contributed by atoms with Gasteiger partial charge in [0.15, 0.2) is 0 Å². The van der Waals surface area contributed by atoms with Crippen molar-refractivity contribution in [1.29, 1.82) is 0 Å². The maximum atomic E-state index is 13.5. The van der Waals surface area contributed by atoms with Crippen molar-refractivity contribution in [3.8, 4) is 33.8 Å². The molecule has 12 nitrogen and oxygen atoms in total. The number of methoxy groups -OCH3 is 1. The Morgan fingerprint density at radius 1 is 1.00 bits per heavy atom. The number of carbonyl (C=O) groups excluding carboxylic acids is 2. The molecule has 1 fully saturated rings. The van der Waals surface area contributed by atoms with Gasteiger partial charge in [0.2, 0.25) is 5.91 Å². The van der Waals surface area contributed by atoms with Gasteiger partial charge in [-0.2, -0.15) is 0 Å². The fourth-order valence-corrected chi connectivity index (χ4v) is 5.39. The number of carbonyl (C=O) groups is 2. The van der Waals surface area contributed by atoms with Crippen LogP contribution in [-0.2, 0) is 9.53 Å². The monoisotopic (exact) mass is 580 g/mol. The van der Waals surface area contributed by atoms with E-state index in [0.29, 0.717) is 18.8 Å². The van der Waals surface area contributed by atoms with Crippen molar-refractivity contribution in [2.75, 3.05) is 13.7 Å². The number of nitrogens with one attached hydrogen (secondary N) is 3. The number of ether oxygens (including phenoxy) is 1. The van der Waals surface area contributed by atoms with E-state index in [1.165, 1.54) is 21.0 Å². The van der Waals surface area contributed by atoms with E-state index in [0.717, 1.165) is 51.2 Å². The first-order valence-corrected chi connectivity index (χ1v) is 14.0. The second-order valence-corrected chi connectivity index (χ2v) is 11.1. The third-order valence-corrected chi connectivity index (χ3v) is 7.71. The van der Waals surface area contributed by atoms with Crippen LogP contribution in [0.3, 0.4) is 0 Å². The normalized spacial score (nSPS) is 15.9. The molecule has 1 saturated heterocycles. The highest BCUT2D eigenvalue weighted by Gasteiger charge is 2.42. The molecule has 1 aliphatic rings. The lowest BCUT2D eigenvalue weighted by molar-refractivity contribution is -0.140. The van der Waals surface area contributed by atoms with Crippen molar-refractivity contribution in [3.63, 3.8) is 0 Å². The molecule has 0 spiro atoms. The van der Waals surface area contributed by atoms with Crippen LogP contribution in [0.4, 0.5) is 4.79 Å². The minimum absolute atomic E-state index is 0.312. The van der Waals surface area contributed by atoms with E-state index in [4.69, 9.17) is 0 Å². The van der Waals surface area contributed by atoms with E-state index in [2.05, 4.69) is 40.0 Å². The molecule has 2 atom stereocenters. The molecule has 12 heteroatoms. The number of hydrogen-bond acceptors (Lipinski definition) is 8. The maximum Gasteiger partial charge on any atom is 0.407 e. The average molecular weight is 581 g/mol. The first-order valence-electron chi connectivity index (χ1n) is 14.0. The predicted octanol–water partition coefficient (Wildman–Crippen LogP) is 4.24. The SMILES string of the molecule is COC(=O)N[C@H](C(=O)N1CCC[C@H]1c1ncc(-c2ccc(-c3cnc(-c4ccc5nc[nH]c5c4)cn3)cc2)[nH]1)C(C)(C)O. The number of imidazole rings is 2. The van der Waals surface area contributed by atoms with Crippen molar-refractivity contribution < 1.29 is 19.4 Å². The van der Waals surface area contributed by atoms with Gasteiger partial charge in [0.25, 0.3) is 0 Å². The van der Waals surface area contributed by atoms with E-state index < -0.39 is 23.6 Å². The van der Waals surface area contributed by atoms with Crippen LogP contribution in [0, 0.1) is 0 Å². The Labute approximate surface area is 247 Å². The van der Waals surface area contributed by atoms with Gasteiger partial charge in [-0.25, -0.2) is 14.8 Å². The number of hydrogen-bond donors (Lipinski definition) is 4. The molecule has 6 rings (SSSR count). The fourth-order valence-electron chi connectivity index (χ4n) is 5.39. The number of aromatic amines is 2. The van der Waals surface area contributed by atoms with Crippen molar-refractivity contribution in [1.82, 2.24) is 40.1 Å². The molecule has 2 aromatic carbocycles. The van der Waals surface area contributed by atoms with Crippen LogP contribution in [0.1, 0.15) is 38.6 Å². The second-order valence-electron chi connectivity index (χ2n) is 11.1. The largest absolute Gasteiger partial charge is 0.453 e. The summed E-state index contributed by atoms with van der Waals surface area (Å²) in [5, 5.41) is 13.1. The highest BCUT2D eigenvalue weighted by atomic mass is 16.5. The zero-order valence-electron chi connectivity index (χ0n) is 24.0. The second kappa shape index (κ2) is 11.3. The minimum atomic E-state index is -1.49. The molecule has 2 amide bonds. The average Bonchev–Trinajstić information content (AvgIpc) is 3.79. The topological polar surface area (TPSA) is 162 Å². The molecule has 4 heterocycles. The van der Waals surface area contributed by atoms with Gasteiger partial charge in [-0.3, -0.25) is 14.8 Å². The van der Waals surface area contributed by atoms with Crippen LogP contribution in [0.25, 0.3) is 44.8 Å². The summed E-state index contributed by atoms with van der Waals surface area (Å²) in [4.78, 5) is 51.6.